The highest BCUT2D eigenvalue weighted by molar-refractivity contribution is 5.94. The van der Waals surface area contributed by atoms with E-state index < -0.39 is 0 Å². The van der Waals surface area contributed by atoms with Crippen molar-refractivity contribution in [2.24, 2.45) is 5.92 Å². The Kier molecular flexibility index (Phi) is 2.42. The first-order chi connectivity index (χ1) is 8.24. The minimum atomic E-state index is 0.143. The number of ether oxygens (including phenoxy) is 1. The summed E-state index contributed by atoms with van der Waals surface area (Å²) in [4.78, 5) is 13.8. The van der Waals surface area contributed by atoms with Gasteiger partial charge in [-0.3, -0.25) is 4.79 Å². The van der Waals surface area contributed by atoms with Crippen LogP contribution < -0.4 is 15.0 Å². The van der Waals surface area contributed by atoms with Crippen LogP contribution in [0.2, 0.25) is 0 Å². The zero-order valence-corrected chi connectivity index (χ0v) is 9.90. The lowest BCUT2D eigenvalue weighted by molar-refractivity contribution is -0.117. The van der Waals surface area contributed by atoms with Crippen LogP contribution in [0.3, 0.4) is 0 Å². The Balaban J connectivity index is 1.81. The number of amides is 1. The van der Waals surface area contributed by atoms with E-state index in [4.69, 9.17) is 4.74 Å². The summed E-state index contributed by atoms with van der Waals surface area (Å²) in [6, 6.07) is 5.81. The fraction of sp³-hybridized carbons (Fsp3) is 0.462. The van der Waals surface area contributed by atoms with E-state index in [-0.39, 0.29) is 11.8 Å². The maximum atomic E-state index is 11.7. The molecule has 1 fully saturated rings. The lowest BCUT2D eigenvalue weighted by Crippen LogP contribution is -2.28. The highest BCUT2D eigenvalue weighted by Crippen LogP contribution is 2.34. The average molecular weight is 232 g/mol. The summed E-state index contributed by atoms with van der Waals surface area (Å²) in [5.41, 5.74) is 1.91. The minimum Gasteiger partial charge on any atom is -0.490 e. The number of nitrogens with one attached hydrogen (secondary N) is 1. The first kappa shape index (κ1) is 10.4. The summed E-state index contributed by atoms with van der Waals surface area (Å²) >= 11 is 0. The molecule has 1 aromatic rings. The summed E-state index contributed by atoms with van der Waals surface area (Å²) < 4.78 is 5.56. The predicted octanol–water partition coefficient (Wildman–Crippen LogP) is 1.86. The highest BCUT2D eigenvalue weighted by atomic mass is 16.5. The van der Waals surface area contributed by atoms with E-state index in [2.05, 4.69) is 10.2 Å². The van der Waals surface area contributed by atoms with Crippen LogP contribution in [0.25, 0.3) is 0 Å². The molecule has 90 valence electrons. The van der Waals surface area contributed by atoms with Crippen molar-refractivity contribution in [1.29, 1.82) is 0 Å². The van der Waals surface area contributed by atoms with Gasteiger partial charge in [-0.2, -0.15) is 0 Å². The van der Waals surface area contributed by atoms with Crippen LogP contribution in [0.1, 0.15) is 12.8 Å². The standard InChI is InChI=1S/C13H16N2O2/c1-15-6-7-17-12-5-4-10(8-11(12)15)14-13(16)9-2-3-9/h4-5,8-9H,2-3,6-7H2,1H3,(H,14,16). The van der Waals surface area contributed by atoms with Gasteiger partial charge in [0.2, 0.25) is 5.91 Å². The average Bonchev–Trinajstić information content (AvgIpc) is 3.14. The van der Waals surface area contributed by atoms with Crippen molar-refractivity contribution in [3.8, 4) is 5.75 Å². The first-order valence-electron chi connectivity index (χ1n) is 6.03. The molecule has 1 heterocycles. The monoisotopic (exact) mass is 232 g/mol. The van der Waals surface area contributed by atoms with Crippen molar-refractivity contribution in [1.82, 2.24) is 0 Å². The quantitative estimate of drug-likeness (QED) is 0.846. The largest absolute Gasteiger partial charge is 0.490 e. The molecule has 2 aliphatic rings. The van der Waals surface area contributed by atoms with E-state index in [9.17, 15) is 4.79 Å². The minimum absolute atomic E-state index is 0.143. The molecule has 4 nitrogen and oxygen atoms in total. The fourth-order valence-electron chi connectivity index (χ4n) is 2.02. The number of hydrogen-bond acceptors (Lipinski definition) is 3. The van der Waals surface area contributed by atoms with Gasteiger partial charge in [-0.1, -0.05) is 0 Å². The molecule has 0 radical (unpaired) electrons. The summed E-state index contributed by atoms with van der Waals surface area (Å²) in [6.45, 7) is 1.60. The number of likely N-dealkylation sites (N-methyl/N-ethyl adjacent to an activating group) is 1. The van der Waals surface area contributed by atoms with Gasteiger partial charge in [0, 0.05) is 18.7 Å². The van der Waals surface area contributed by atoms with Crippen LogP contribution in [-0.4, -0.2) is 26.1 Å². The normalized spacial score (nSPS) is 18.3. The summed E-state index contributed by atoms with van der Waals surface area (Å²) in [6.07, 6.45) is 2.06. The van der Waals surface area contributed by atoms with Gasteiger partial charge in [-0.25, -0.2) is 0 Å². The van der Waals surface area contributed by atoms with Gasteiger partial charge in [0.05, 0.1) is 12.2 Å². The van der Waals surface area contributed by atoms with Crippen LogP contribution in [-0.2, 0) is 4.79 Å². The van der Waals surface area contributed by atoms with Crippen molar-refractivity contribution in [3.05, 3.63) is 18.2 Å². The van der Waals surface area contributed by atoms with Gasteiger partial charge in [0.25, 0.3) is 0 Å². The van der Waals surface area contributed by atoms with Gasteiger partial charge in [0.1, 0.15) is 12.4 Å². The van der Waals surface area contributed by atoms with Gasteiger partial charge in [0.15, 0.2) is 0 Å². The second-order valence-corrected chi connectivity index (χ2v) is 4.72. The molecule has 1 N–H and O–H groups in total. The van der Waals surface area contributed by atoms with Crippen molar-refractivity contribution < 1.29 is 9.53 Å². The summed E-state index contributed by atoms with van der Waals surface area (Å²) in [5.74, 6) is 1.27. The molecule has 1 saturated carbocycles. The maximum absolute atomic E-state index is 11.7. The van der Waals surface area contributed by atoms with Crippen molar-refractivity contribution in [3.63, 3.8) is 0 Å². The second-order valence-electron chi connectivity index (χ2n) is 4.72. The lowest BCUT2D eigenvalue weighted by atomic mass is 10.2. The lowest BCUT2D eigenvalue weighted by Gasteiger charge is -2.28. The number of anilines is 2. The van der Waals surface area contributed by atoms with E-state index in [1.807, 2.05) is 25.2 Å². The molecule has 17 heavy (non-hydrogen) atoms. The first-order valence-corrected chi connectivity index (χ1v) is 6.03. The molecule has 0 atom stereocenters. The van der Waals surface area contributed by atoms with Crippen LogP contribution in [0.4, 0.5) is 11.4 Å². The maximum Gasteiger partial charge on any atom is 0.227 e. The molecule has 1 amide bonds. The number of carbonyl (C=O) groups excluding carboxylic acids is 1. The van der Waals surface area contributed by atoms with Crippen LogP contribution in [0.15, 0.2) is 18.2 Å². The van der Waals surface area contributed by atoms with Gasteiger partial charge < -0.3 is 15.0 Å². The molecule has 0 spiro atoms. The van der Waals surface area contributed by atoms with E-state index >= 15 is 0 Å². The Morgan fingerprint density at radius 1 is 1.47 bits per heavy atom. The second kappa shape index (κ2) is 3.95. The highest BCUT2D eigenvalue weighted by Gasteiger charge is 2.29. The smallest absolute Gasteiger partial charge is 0.227 e. The Bertz CT molecular complexity index is 455. The van der Waals surface area contributed by atoms with Crippen LogP contribution in [0.5, 0.6) is 5.75 Å². The number of carbonyl (C=O) groups is 1. The van der Waals surface area contributed by atoms with Gasteiger partial charge in [-0.05, 0) is 31.0 Å². The molecule has 4 heteroatoms. The Labute approximate surface area is 101 Å². The topological polar surface area (TPSA) is 41.6 Å². The molecule has 1 aliphatic carbocycles. The summed E-state index contributed by atoms with van der Waals surface area (Å²) in [5, 5.41) is 2.95. The zero-order valence-electron chi connectivity index (χ0n) is 9.90. The SMILES string of the molecule is CN1CCOc2ccc(NC(=O)C3CC3)cc21. The number of fused-ring (bicyclic) bond motifs is 1. The molecular formula is C13H16N2O2. The van der Waals surface area contributed by atoms with Crippen molar-refractivity contribution >= 4 is 17.3 Å². The molecule has 1 aromatic carbocycles. The molecule has 3 rings (SSSR count). The molecule has 0 saturated heterocycles. The Morgan fingerprint density at radius 3 is 3.06 bits per heavy atom. The summed E-state index contributed by atoms with van der Waals surface area (Å²) in [7, 11) is 2.04. The molecule has 0 aromatic heterocycles. The van der Waals surface area contributed by atoms with Crippen LogP contribution >= 0.6 is 0 Å². The molecular weight excluding hydrogens is 216 g/mol. The third-order valence-corrected chi connectivity index (χ3v) is 3.27. The zero-order chi connectivity index (χ0) is 11.8. The van der Waals surface area contributed by atoms with E-state index in [0.717, 1.165) is 43.1 Å². The van der Waals surface area contributed by atoms with E-state index in [1.54, 1.807) is 0 Å². The number of rotatable bonds is 2. The number of benzene rings is 1. The number of hydrogen-bond donors (Lipinski definition) is 1. The van der Waals surface area contributed by atoms with E-state index in [1.165, 1.54) is 0 Å². The predicted molar refractivity (Wildman–Crippen MR) is 66.6 cm³/mol. The van der Waals surface area contributed by atoms with Gasteiger partial charge >= 0.3 is 0 Å². The van der Waals surface area contributed by atoms with Crippen molar-refractivity contribution in [2.45, 2.75) is 12.8 Å². The Morgan fingerprint density at radius 2 is 2.29 bits per heavy atom. The van der Waals surface area contributed by atoms with E-state index in [0.29, 0.717) is 0 Å². The number of nitrogens with zero attached hydrogens (tertiary/aromatic N) is 1. The third-order valence-electron chi connectivity index (χ3n) is 3.27. The fourth-order valence-corrected chi connectivity index (χ4v) is 2.02. The molecule has 1 aliphatic heterocycles. The third kappa shape index (κ3) is 2.07. The van der Waals surface area contributed by atoms with Crippen molar-refractivity contribution in [2.75, 3.05) is 30.4 Å². The van der Waals surface area contributed by atoms with Gasteiger partial charge in [-0.15, -0.1) is 0 Å². The molecule has 0 bridgehead atoms. The Hall–Kier alpha value is -1.71. The molecule has 0 unspecified atom stereocenters. The van der Waals surface area contributed by atoms with Crippen LogP contribution in [0, 0.1) is 5.92 Å².